The largest absolute Gasteiger partial charge is 0.492 e. The summed E-state index contributed by atoms with van der Waals surface area (Å²) in [4.78, 5) is 10.9. The molecule has 0 aliphatic carbocycles. The number of aliphatic carboxylic acids is 1. The summed E-state index contributed by atoms with van der Waals surface area (Å²) < 4.78 is 12.6. The van der Waals surface area contributed by atoms with Crippen LogP contribution in [0.15, 0.2) is 0 Å². The Morgan fingerprint density at radius 2 is 1.50 bits per heavy atom. The van der Waals surface area contributed by atoms with Gasteiger partial charge in [-0.1, -0.05) is 72.6 Å². The van der Waals surface area contributed by atoms with E-state index in [-0.39, 0.29) is 18.6 Å². The lowest BCUT2D eigenvalue weighted by molar-refractivity contribution is -0.137. The van der Waals surface area contributed by atoms with Crippen LogP contribution in [0.5, 0.6) is 11.5 Å². The van der Waals surface area contributed by atoms with Gasteiger partial charge in [0, 0.05) is 5.56 Å². The van der Waals surface area contributed by atoms with Crippen LogP contribution in [0.25, 0.3) is 0 Å². The summed E-state index contributed by atoms with van der Waals surface area (Å²) in [5.41, 5.74) is 4.41. The third kappa shape index (κ3) is 9.30. The van der Waals surface area contributed by atoms with E-state index in [2.05, 4.69) is 55.4 Å². The van der Waals surface area contributed by atoms with E-state index in [0.29, 0.717) is 0 Å². The van der Waals surface area contributed by atoms with Gasteiger partial charge < -0.3 is 14.6 Å². The molecule has 206 valence electrons. The molecule has 0 spiro atoms. The maximum absolute atomic E-state index is 10.9. The monoisotopic (exact) mass is 502 g/mol. The predicted molar refractivity (Wildman–Crippen MR) is 150 cm³/mol. The van der Waals surface area contributed by atoms with E-state index in [0.717, 1.165) is 65.2 Å². The second-order valence-corrected chi connectivity index (χ2v) is 12.4. The van der Waals surface area contributed by atoms with Crippen molar-refractivity contribution in [1.29, 1.82) is 0 Å². The van der Waals surface area contributed by atoms with Gasteiger partial charge in [0.15, 0.2) is 0 Å². The van der Waals surface area contributed by atoms with E-state index >= 15 is 0 Å². The van der Waals surface area contributed by atoms with E-state index in [4.69, 9.17) is 14.6 Å². The fourth-order valence-electron chi connectivity index (χ4n) is 5.72. The van der Waals surface area contributed by atoms with Gasteiger partial charge >= 0.3 is 5.97 Å². The van der Waals surface area contributed by atoms with Crippen LogP contribution >= 0.6 is 0 Å². The summed E-state index contributed by atoms with van der Waals surface area (Å²) in [6.45, 7) is 18.2. The number of fused-ring (bicyclic) bond motifs is 1. The molecule has 1 aliphatic rings. The third-order valence-corrected chi connectivity index (χ3v) is 8.40. The molecule has 0 bridgehead atoms. The van der Waals surface area contributed by atoms with Gasteiger partial charge in [-0.3, -0.25) is 4.79 Å². The van der Waals surface area contributed by atoms with Crippen LogP contribution in [0.2, 0.25) is 0 Å². The third-order valence-electron chi connectivity index (χ3n) is 8.40. The highest BCUT2D eigenvalue weighted by atomic mass is 16.5. The fourth-order valence-corrected chi connectivity index (χ4v) is 5.72. The molecule has 0 saturated heterocycles. The predicted octanol–water partition coefficient (Wildman–Crippen LogP) is 8.99. The minimum Gasteiger partial charge on any atom is -0.492 e. The van der Waals surface area contributed by atoms with Crippen LogP contribution in [-0.4, -0.2) is 23.3 Å². The van der Waals surface area contributed by atoms with Crippen molar-refractivity contribution >= 4 is 5.97 Å². The summed E-state index contributed by atoms with van der Waals surface area (Å²) in [6.07, 6.45) is 13.8. The van der Waals surface area contributed by atoms with Gasteiger partial charge in [-0.25, -0.2) is 0 Å². The highest BCUT2D eigenvalue weighted by molar-refractivity contribution is 5.67. The first-order chi connectivity index (χ1) is 16.9. The zero-order valence-electron chi connectivity index (χ0n) is 24.6. The molecule has 1 aromatic carbocycles. The SMILES string of the molecule is Cc1c(C)c2c(c(C)c1OCCC(=O)O)CC[C@@](C)(CCC[C@H](C)CCC[C@H](C)CCCC(C)C)O2. The molecule has 1 aromatic rings. The van der Waals surface area contributed by atoms with E-state index < -0.39 is 5.97 Å². The number of rotatable bonds is 16. The van der Waals surface area contributed by atoms with E-state index in [1.807, 2.05) is 0 Å². The smallest absolute Gasteiger partial charge is 0.306 e. The number of hydrogen-bond donors (Lipinski definition) is 1. The van der Waals surface area contributed by atoms with Crippen LogP contribution in [0, 0.1) is 38.5 Å². The van der Waals surface area contributed by atoms with Crippen LogP contribution in [-0.2, 0) is 11.2 Å². The molecular formula is C32H54O4. The lowest BCUT2D eigenvalue weighted by Crippen LogP contribution is -2.37. The molecule has 4 nitrogen and oxygen atoms in total. The Morgan fingerprint density at radius 1 is 0.917 bits per heavy atom. The zero-order chi connectivity index (χ0) is 26.9. The van der Waals surface area contributed by atoms with Crippen molar-refractivity contribution in [2.45, 2.75) is 138 Å². The second-order valence-electron chi connectivity index (χ2n) is 12.4. The Labute approximate surface area is 221 Å². The quantitative estimate of drug-likeness (QED) is 0.245. The molecule has 3 atom stereocenters. The number of ether oxygens (including phenoxy) is 2. The van der Waals surface area contributed by atoms with Gasteiger partial charge in [0.05, 0.1) is 13.0 Å². The van der Waals surface area contributed by atoms with Crippen molar-refractivity contribution in [1.82, 2.24) is 0 Å². The van der Waals surface area contributed by atoms with Gasteiger partial charge in [-0.2, -0.15) is 0 Å². The van der Waals surface area contributed by atoms with Crippen molar-refractivity contribution in [2.24, 2.45) is 17.8 Å². The van der Waals surface area contributed by atoms with Gasteiger partial charge in [0.1, 0.15) is 17.1 Å². The maximum Gasteiger partial charge on any atom is 0.306 e. The number of benzene rings is 1. The molecule has 1 aliphatic heterocycles. The van der Waals surface area contributed by atoms with Gasteiger partial charge in [0.2, 0.25) is 0 Å². The van der Waals surface area contributed by atoms with E-state index in [9.17, 15) is 4.79 Å². The Kier molecular flexibility index (Phi) is 12.1. The van der Waals surface area contributed by atoms with Crippen molar-refractivity contribution in [2.75, 3.05) is 6.61 Å². The van der Waals surface area contributed by atoms with Crippen molar-refractivity contribution < 1.29 is 19.4 Å². The maximum atomic E-state index is 10.9. The normalized spacial score (nSPS) is 19.0. The molecule has 2 rings (SSSR count). The lowest BCUT2D eigenvalue weighted by atomic mass is 9.83. The summed E-state index contributed by atoms with van der Waals surface area (Å²) >= 11 is 0. The number of carbonyl (C=O) groups is 1. The minimum atomic E-state index is -0.833. The Morgan fingerprint density at radius 3 is 2.08 bits per heavy atom. The van der Waals surface area contributed by atoms with Gasteiger partial charge in [-0.15, -0.1) is 0 Å². The highest BCUT2D eigenvalue weighted by Gasteiger charge is 2.34. The average molecular weight is 503 g/mol. The van der Waals surface area contributed by atoms with Crippen LogP contribution in [0.3, 0.4) is 0 Å². The highest BCUT2D eigenvalue weighted by Crippen LogP contribution is 2.45. The minimum absolute atomic E-state index is 0.0132. The summed E-state index contributed by atoms with van der Waals surface area (Å²) in [6, 6.07) is 0. The molecule has 4 heteroatoms. The topological polar surface area (TPSA) is 55.8 Å². The molecule has 1 heterocycles. The van der Waals surface area contributed by atoms with Crippen LogP contribution in [0.1, 0.15) is 128 Å². The van der Waals surface area contributed by atoms with E-state index in [1.54, 1.807) is 0 Å². The Bertz CT molecular complexity index is 843. The zero-order valence-corrected chi connectivity index (χ0v) is 24.6. The first-order valence-corrected chi connectivity index (χ1v) is 14.6. The lowest BCUT2D eigenvalue weighted by Gasteiger charge is -2.38. The molecule has 0 amide bonds. The molecule has 1 N–H and O–H groups in total. The number of carboxylic acid groups (broad SMARTS) is 1. The molecule has 0 saturated carbocycles. The molecular weight excluding hydrogens is 448 g/mol. The molecule has 36 heavy (non-hydrogen) atoms. The summed E-state index contributed by atoms with van der Waals surface area (Å²) in [7, 11) is 0. The van der Waals surface area contributed by atoms with Crippen molar-refractivity contribution in [3.63, 3.8) is 0 Å². The van der Waals surface area contributed by atoms with E-state index in [1.165, 1.54) is 56.9 Å². The summed E-state index contributed by atoms with van der Waals surface area (Å²) in [5, 5.41) is 8.95. The molecule has 0 aromatic heterocycles. The molecule has 0 fully saturated rings. The Hall–Kier alpha value is -1.71. The first-order valence-electron chi connectivity index (χ1n) is 14.6. The first kappa shape index (κ1) is 30.5. The molecule has 0 unspecified atom stereocenters. The van der Waals surface area contributed by atoms with Crippen molar-refractivity contribution in [3.8, 4) is 11.5 Å². The van der Waals surface area contributed by atoms with Crippen LogP contribution < -0.4 is 9.47 Å². The average Bonchev–Trinajstić information content (AvgIpc) is 2.79. The van der Waals surface area contributed by atoms with Crippen molar-refractivity contribution in [3.05, 3.63) is 22.3 Å². The van der Waals surface area contributed by atoms with Gasteiger partial charge in [-0.05, 0) is 87.8 Å². The molecule has 0 radical (unpaired) electrons. The second kappa shape index (κ2) is 14.3. The standard InChI is InChI=1S/C32H54O4/c1-22(2)12-9-13-23(3)14-10-15-24(4)16-11-19-32(8)20-17-28-27(7)30(35-21-18-29(33)34)25(5)26(6)31(28)36-32/h22-24H,9-21H2,1-8H3,(H,33,34)/t23-,24-,32-/m1/s1. The van der Waals surface area contributed by atoms with Gasteiger partial charge in [0.25, 0.3) is 0 Å². The summed E-state index contributed by atoms with van der Waals surface area (Å²) in [5.74, 6) is 3.51. The van der Waals surface area contributed by atoms with Crippen LogP contribution in [0.4, 0.5) is 0 Å². The number of carboxylic acids is 1. The Balaban J connectivity index is 1.83. The number of hydrogen-bond acceptors (Lipinski definition) is 3. The fraction of sp³-hybridized carbons (Fsp3) is 0.781.